The lowest BCUT2D eigenvalue weighted by Crippen LogP contribution is -2.14. The fourth-order valence-corrected chi connectivity index (χ4v) is 2.11. The van der Waals surface area contributed by atoms with E-state index in [1.54, 1.807) is 30.3 Å². The number of hydrogen-bond donors (Lipinski definition) is 2. The molecule has 0 radical (unpaired) electrons. The minimum atomic E-state index is -1.03. The van der Waals surface area contributed by atoms with Crippen LogP contribution in [0.2, 0.25) is 0 Å². The van der Waals surface area contributed by atoms with Crippen LogP contribution < -0.4 is 10.1 Å². The van der Waals surface area contributed by atoms with Crippen LogP contribution in [0.25, 0.3) is 0 Å². The molecule has 2 aromatic rings. The van der Waals surface area contributed by atoms with Crippen LogP contribution in [0.4, 0.5) is 5.69 Å². The number of hydrogen-bond acceptors (Lipinski definition) is 3. The van der Waals surface area contributed by atoms with Gasteiger partial charge < -0.3 is 15.2 Å². The summed E-state index contributed by atoms with van der Waals surface area (Å²) in [4.78, 5) is 23.5. The molecule has 5 heteroatoms. The quantitative estimate of drug-likeness (QED) is 0.836. The molecule has 5 nitrogen and oxygen atoms in total. The molecule has 0 heterocycles. The first-order valence-electron chi connectivity index (χ1n) is 7.82. The highest BCUT2D eigenvalue weighted by Gasteiger charge is 2.12. The fourth-order valence-electron chi connectivity index (χ4n) is 2.11. The first-order chi connectivity index (χ1) is 11.4. The van der Waals surface area contributed by atoms with E-state index in [1.165, 1.54) is 12.1 Å². The van der Waals surface area contributed by atoms with E-state index in [4.69, 9.17) is 9.84 Å². The molecule has 0 saturated carbocycles. The zero-order valence-electron chi connectivity index (χ0n) is 14.0. The van der Waals surface area contributed by atoms with Crippen molar-refractivity contribution in [3.63, 3.8) is 0 Å². The Hall–Kier alpha value is -2.82. The van der Waals surface area contributed by atoms with Gasteiger partial charge in [-0.2, -0.15) is 0 Å². The second kappa shape index (κ2) is 7.64. The van der Waals surface area contributed by atoms with Gasteiger partial charge in [0, 0.05) is 11.3 Å². The average Bonchev–Trinajstić information content (AvgIpc) is 2.56. The highest BCUT2D eigenvalue weighted by Crippen LogP contribution is 2.20. The first kappa shape index (κ1) is 17.5. The van der Waals surface area contributed by atoms with Gasteiger partial charge in [-0.05, 0) is 56.2 Å². The summed E-state index contributed by atoms with van der Waals surface area (Å²) in [6.45, 7) is 5.80. The van der Waals surface area contributed by atoms with Crippen LogP contribution >= 0.6 is 0 Å². The molecular formula is C19H21NO4. The molecule has 126 valence electrons. The Kier molecular flexibility index (Phi) is 5.58. The van der Waals surface area contributed by atoms with Gasteiger partial charge in [0.25, 0.3) is 5.91 Å². The van der Waals surface area contributed by atoms with E-state index >= 15 is 0 Å². The van der Waals surface area contributed by atoms with Crippen molar-refractivity contribution in [3.05, 3.63) is 59.2 Å². The predicted octanol–water partition coefficient (Wildman–Crippen LogP) is 4.12. The summed E-state index contributed by atoms with van der Waals surface area (Å²) >= 11 is 0. The van der Waals surface area contributed by atoms with E-state index in [0.717, 1.165) is 12.0 Å². The van der Waals surface area contributed by atoms with Crippen molar-refractivity contribution in [2.45, 2.75) is 33.3 Å². The first-order valence-corrected chi connectivity index (χ1v) is 7.82. The number of aryl methyl sites for hydroxylation is 1. The minimum absolute atomic E-state index is 0.0674. The van der Waals surface area contributed by atoms with Crippen LogP contribution in [-0.2, 0) is 0 Å². The van der Waals surface area contributed by atoms with Crippen LogP contribution in [0.3, 0.4) is 0 Å². The summed E-state index contributed by atoms with van der Waals surface area (Å²) in [5.74, 6) is -0.710. The van der Waals surface area contributed by atoms with Gasteiger partial charge in [-0.25, -0.2) is 4.79 Å². The maximum atomic E-state index is 12.4. The van der Waals surface area contributed by atoms with Gasteiger partial charge in [0.1, 0.15) is 5.75 Å². The number of nitrogens with one attached hydrogen (secondary N) is 1. The van der Waals surface area contributed by atoms with Crippen LogP contribution in [0.1, 0.15) is 46.5 Å². The maximum absolute atomic E-state index is 12.4. The van der Waals surface area contributed by atoms with Crippen LogP contribution in [0, 0.1) is 6.92 Å². The van der Waals surface area contributed by atoms with Crippen molar-refractivity contribution in [2.75, 3.05) is 5.32 Å². The lowest BCUT2D eigenvalue weighted by molar-refractivity contribution is 0.0696. The van der Waals surface area contributed by atoms with Gasteiger partial charge in [-0.15, -0.1) is 0 Å². The molecule has 0 saturated heterocycles. The lowest BCUT2D eigenvalue weighted by atomic mass is 10.1. The van der Waals surface area contributed by atoms with Gasteiger partial charge in [0.2, 0.25) is 0 Å². The SMILES string of the molecule is CC[C@@H](C)Oc1cccc(C(=O)Nc2cc(C(=O)O)ccc2C)c1. The molecule has 0 aromatic heterocycles. The molecule has 0 aliphatic rings. The Morgan fingerprint density at radius 2 is 1.92 bits per heavy atom. The summed E-state index contributed by atoms with van der Waals surface area (Å²) < 4.78 is 5.72. The molecule has 2 rings (SSSR count). The smallest absolute Gasteiger partial charge is 0.335 e. The van der Waals surface area contributed by atoms with Crippen LogP contribution in [-0.4, -0.2) is 23.1 Å². The topological polar surface area (TPSA) is 75.6 Å². The second-order valence-electron chi connectivity index (χ2n) is 5.65. The van der Waals surface area contributed by atoms with Crippen molar-refractivity contribution in [2.24, 2.45) is 0 Å². The Bertz CT molecular complexity index is 755. The number of carboxylic acids is 1. The number of amides is 1. The molecule has 1 atom stereocenters. The highest BCUT2D eigenvalue weighted by atomic mass is 16.5. The van der Waals surface area contributed by atoms with Crippen molar-refractivity contribution in [3.8, 4) is 5.75 Å². The third-order valence-electron chi connectivity index (χ3n) is 3.74. The fraction of sp³-hybridized carbons (Fsp3) is 0.263. The molecule has 0 aliphatic carbocycles. The molecule has 24 heavy (non-hydrogen) atoms. The van der Waals surface area contributed by atoms with Gasteiger partial charge in [0.05, 0.1) is 11.7 Å². The van der Waals surface area contributed by atoms with Crippen molar-refractivity contribution in [1.82, 2.24) is 0 Å². The zero-order valence-corrected chi connectivity index (χ0v) is 14.0. The largest absolute Gasteiger partial charge is 0.491 e. The third kappa shape index (κ3) is 4.35. The van der Waals surface area contributed by atoms with E-state index in [0.29, 0.717) is 17.0 Å². The number of carbonyl (C=O) groups is 2. The van der Waals surface area contributed by atoms with Crippen LogP contribution in [0.15, 0.2) is 42.5 Å². The monoisotopic (exact) mass is 327 g/mol. The second-order valence-corrected chi connectivity index (χ2v) is 5.65. The summed E-state index contributed by atoms with van der Waals surface area (Å²) in [5, 5.41) is 11.8. The summed E-state index contributed by atoms with van der Waals surface area (Å²) in [6, 6.07) is 11.6. The molecule has 0 aliphatic heterocycles. The number of benzene rings is 2. The van der Waals surface area contributed by atoms with Gasteiger partial charge in [0.15, 0.2) is 0 Å². The van der Waals surface area contributed by atoms with Crippen molar-refractivity contribution in [1.29, 1.82) is 0 Å². The Balaban J connectivity index is 2.19. The lowest BCUT2D eigenvalue weighted by Gasteiger charge is -2.14. The number of carboxylic acid groups (broad SMARTS) is 1. The highest BCUT2D eigenvalue weighted by molar-refractivity contribution is 6.05. The standard InChI is InChI=1S/C19H21NO4/c1-4-13(3)24-16-7-5-6-14(10-16)18(21)20-17-11-15(19(22)23)9-8-12(17)2/h5-11,13H,4H2,1-3H3,(H,20,21)(H,22,23)/t13-/m1/s1. The van der Waals surface area contributed by atoms with Gasteiger partial charge in [-0.3, -0.25) is 4.79 Å². The van der Waals surface area contributed by atoms with E-state index in [1.807, 2.05) is 20.8 Å². The Labute approximate surface area is 141 Å². The minimum Gasteiger partial charge on any atom is -0.491 e. The van der Waals surface area contributed by atoms with Crippen LogP contribution in [0.5, 0.6) is 5.75 Å². The molecule has 0 unspecified atom stereocenters. The number of rotatable bonds is 6. The normalized spacial score (nSPS) is 11.6. The van der Waals surface area contributed by atoms with Crippen molar-refractivity contribution < 1.29 is 19.4 Å². The van der Waals surface area contributed by atoms with Gasteiger partial charge >= 0.3 is 5.97 Å². The summed E-state index contributed by atoms with van der Waals surface area (Å²) in [7, 11) is 0. The Morgan fingerprint density at radius 3 is 2.58 bits per heavy atom. The summed E-state index contributed by atoms with van der Waals surface area (Å²) in [6.07, 6.45) is 0.940. The number of anilines is 1. The molecular weight excluding hydrogens is 306 g/mol. The molecule has 2 N–H and O–H groups in total. The predicted molar refractivity (Wildman–Crippen MR) is 92.9 cm³/mol. The summed E-state index contributed by atoms with van der Waals surface area (Å²) in [5.41, 5.74) is 1.86. The van der Waals surface area contributed by atoms with E-state index < -0.39 is 5.97 Å². The molecule has 0 spiro atoms. The third-order valence-corrected chi connectivity index (χ3v) is 3.74. The molecule has 1 amide bonds. The number of aromatic carboxylic acids is 1. The zero-order chi connectivity index (χ0) is 17.7. The van der Waals surface area contributed by atoms with E-state index in [-0.39, 0.29) is 17.6 Å². The molecule has 2 aromatic carbocycles. The molecule has 0 bridgehead atoms. The average molecular weight is 327 g/mol. The molecule has 0 fully saturated rings. The van der Waals surface area contributed by atoms with E-state index in [9.17, 15) is 9.59 Å². The number of ether oxygens (including phenoxy) is 1. The van der Waals surface area contributed by atoms with E-state index in [2.05, 4.69) is 5.32 Å². The van der Waals surface area contributed by atoms with Crippen molar-refractivity contribution >= 4 is 17.6 Å². The number of carbonyl (C=O) groups excluding carboxylic acids is 1. The maximum Gasteiger partial charge on any atom is 0.335 e. The Morgan fingerprint density at radius 1 is 1.17 bits per heavy atom. The van der Waals surface area contributed by atoms with Gasteiger partial charge in [-0.1, -0.05) is 19.1 Å².